The first-order chi connectivity index (χ1) is 35.5. The number of aliphatic hydroxyl groups is 2. The number of piperazine rings is 2. The van der Waals surface area contributed by atoms with Crippen molar-refractivity contribution >= 4 is 56.7 Å². The molecule has 8 heterocycles. The normalized spacial score (nSPS) is 14.4. The lowest BCUT2D eigenvalue weighted by atomic mass is 10.1. The summed E-state index contributed by atoms with van der Waals surface area (Å²) in [4.78, 5) is 63.2. The van der Waals surface area contributed by atoms with Gasteiger partial charge in [-0.15, -0.1) is 13.2 Å². The van der Waals surface area contributed by atoms with Crippen molar-refractivity contribution in [3.63, 3.8) is 0 Å². The topological polar surface area (TPSA) is 240 Å². The van der Waals surface area contributed by atoms with Crippen molar-refractivity contribution in [3.05, 3.63) is 155 Å². The fourth-order valence-electron chi connectivity index (χ4n) is 8.88. The summed E-state index contributed by atoms with van der Waals surface area (Å²) < 4.78 is 6.32. The maximum atomic E-state index is 13.2. The van der Waals surface area contributed by atoms with E-state index >= 15 is 0 Å². The lowest BCUT2D eigenvalue weighted by Gasteiger charge is -2.34. The maximum Gasteiger partial charge on any atom is 0.278 e. The molecule has 0 amide bonds. The van der Waals surface area contributed by atoms with Crippen molar-refractivity contribution in [1.82, 2.24) is 58.4 Å². The molecule has 2 fully saturated rings. The molecule has 2 aliphatic rings. The van der Waals surface area contributed by atoms with E-state index in [0.717, 1.165) is 63.7 Å². The summed E-state index contributed by atoms with van der Waals surface area (Å²) in [6.07, 6.45) is 6.35. The van der Waals surface area contributed by atoms with E-state index in [1.807, 2.05) is 24.3 Å². The molecule has 0 atom stereocenters. The number of rotatable bonds is 14. The number of nitrogens with zero attached hydrogens (tertiary/aromatic N) is 14. The molecule has 6 aromatic heterocycles. The summed E-state index contributed by atoms with van der Waals surface area (Å²) in [6.45, 7) is 23.0. The molecule has 6 N–H and O–H groups in total. The number of allylic oxidation sites excluding steroid dienone is 2. The molecule has 400 valence electrons. The second kappa shape index (κ2) is 23.2. The van der Waals surface area contributed by atoms with Crippen molar-refractivity contribution in [3.8, 4) is 11.6 Å². The summed E-state index contributed by atoms with van der Waals surface area (Å²) in [6, 6.07) is 27.0. The molecule has 0 radical (unpaired) electrons. The number of likely N-dealkylation sites (N-methyl/N-ethyl adjacent to an activating group) is 2. The van der Waals surface area contributed by atoms with E-state index < -0.39 is 11.2 Å². The minimum absolute atomic E-state index is 0. The molecule has 2 aromatic carbocycles. The highest BCUT2D eigenvalue weighted by Crippen LogP contribution is 2.26. The van der Waals surface area contributed by atoms with Crippen molar-refractivity contribution < 1.29 is 15.7 Å². The predicted octanol–water partition coefficient (Wildman–Crippen LogP) is 5.58. The standard InChI is InChI=1S/2C27H32N8O2.CH4.H2O/c2*1-5-13-34-25(36)21-18-28-26(29-19-9-11-20(12-10-19)33-16-14-32(4)15-17-33)31-24(21)35(34)23-8-6-7-22(30-23)27(2,3)37;;/h2*5-12,18,37H,1,13-17H2,2-4H3,(H,28,29,31);1H4;1H2. The van der Waals surface area contributed by atoms with Gasteiger partial charge in [0, 0.05) is 87.5 Å². The Morgan fingerprint density at radius 1 is 0.553 bits per heavy atom. The van der Waals surface area contributed by atoms with E-state index in [9.17, 15) is 19.8 Å². The fourth-order valence-corrected chi connectivity index (χ4v) is 8.88. The molecule has 0 saturated carbocycles. The highest BCUT2D eigenvalue weighted by molar-refractivity contribution is 5.78. The van der Waals surface area contributed by atoms with Gasteiger partial charge in [-0.2, -0.15) is 9.97 Å². The lowest BCUT2D eigenvalue weighted by Crippen LogP contribution is -2.44. The van der Waals surface area contributed by atoms with Crippen LogP contribution in [0.2, 0.25) is 0 Å². The number of hydrogen-bond acceptors (Lipinski definition) is 16. The third kappa shape index (κ3) is 12.0. The Hall–Kier alpha value is -8.08. The summed E-state index contributed by atoms with van der Waals surface area (Å²) >= 11 is 0. The van der Waals surface area contributed by atoms with E-state index in [1.54, 1.807) is 85.6 Å². The summed E-state index contributed by atoms with van der Waals surface area (Å²) in [5, 5.41) is 28.2. The van der Waals surface area contributed by atoms with Crippen LogP contribution in [0.25, 0.3) is 33.7 Å². The van der Waals surface area contributed by atoms with Crippen LogP contribution in [-0.4, -0.2) is 141 Å². The first-order valence-electron chi connectivity index (χ1n) is 24.7. The highest BCUT2D eigenvalue weighted by Gasteiger charge is 2.24. The van der Waals surface area contributed by atoms with E-state index in [4.69, 9.17) is 9.97 Å². The van der Waals surface area contributed by atoms with Crippen molar-refractivity contribution in [2.75, 3.05) is 86.9 Å². The van der Waals surface area contributed by atoms with Crippen molar-refractivity contribution in [2.45, 2.75) is 59.4 Å². The Kier molecular flexibility index (Phi) is 17.0. The molecule has 21 nitrogen and oxygen atoms in total. The van der Waals surface area contributed by atoms with Crippen molar-refractivity contribution in [2.24, 2.45) is 0 Å². The van der Waals surface area contributed by atoms with Gasteiger partial charge in [0.05, 0.1) is 24.5 Å². The van der Waals surface area contributed by atoms with Gasteiger partial charge in [-0.3, -0.25) is 9.59 Å². The largest absolute Gasteiger partial charge is 0.412 e. The van der Waals surface area contributed by atoms with Crippen LogP contribution in [0.3, 0.4) is 0 Å². The lowest BCUT2D eigenvalue weighted by molar-refractivity contribution is 0.0733. The molecule has 0 bridgehead atoms. The zero-order valence-electron chi connectivity index (χ0n) is 43.3. The Labute approximate surface area is 442 Å². The highest BCUT2D eigenvalue weighted by atomic mass is 16.3. The predicted molar refractivity (Wildman–Crippen MR) is 302 cm³/mol. The quantitative estimate of drug-likeness (QED) is 0.0972. The molecule has 76 heavy (non-hydrogen) atoms. The van der Waals surface area contributed by atoms with Crippen LogP contribution in [0.15, 0.2) is 132 Å². The summed E-state index contributed by atoms with van der Waals surface area (Å²) in [5.41, 5.74) is 3.10. The molecule has 2 aliphatic heterocycles. The number of fused-ring (bicyclic) bond motifs is 2. The van der Waals surface area contributed by atoms with Gasteiger partial charge in [0.25, 0.3) is 11.1 Å². The monoisotopic (exact) mass is 1030 g/mol. The summed E-state index contributed by atoms with van der Waals surface area (Å²) in [7, 11) is 4.29. The maximum absolute atomic E-state index is 13.2. The minimum Gasteiger partial charge on any atom is -0.412 e. The minimum atomic E-state index is -1.14. The fraction of sp³-hybridized carbons (Fsp3) is 0.345. The third-order valence-corrected chi connectivity index (χ3v) is 13.1. The van der Waals surface area contributed by atoms with E-state index in [2.05, 4.69) is 102 Å². The van der Waals surface area contributed by atoms with Gasteiger partial charge in [0.2, 0.25) is 11.9 Å². The number of benzene rings is 2. The first kappa shape index (κ1) is 55.7. The zero-order chi connectivity index (χ0) is 52.3. The Morgan fingerprint density at radius 3 is 1.24 bits per heavy atom. The molecule has 0 spiro atoms. The van der Waals surface area contributed by atoms with Gasteiger partial charge in [-0.25, -0.2) is 38.7 Å². The zero-order valence-corrected chi connectivity index (χ0v) is 43.3. The van der Waals surface area contributed by atoms with Gasteiger partial charge < -0.3 is 45.9 Å². The SMILES string of the molecule is C.C=CCn1c(=O)c2cnc(Nc3ccc(N4CCN(C)CC4)cc3)nc2n1-c1cccc(C(C)(C)O)n1.C=CCn1c(=O)c2cnc(Nc3ccc(N4CCN(C)CC4)cc3)nc2n1-c1cccc(C(C)(C)O)n1.O. The molecular formula is C55H70N16O5. The Balaban J connectivity index is 0.000000216. The van der Waals surface area contributed by atoms with Crippen molar-refractivity contribution in [1.29, 1.82) is 0 Å². The molecule has 21 heteroatoms. The van der Waals surface area contributed by atoms with Gasteiger partial charge in [0.1, 0.15) is 22.0 Å². The third-order valence-electron chi connectivity index (χ3n) is 13.1. The van der Waals surface area contributed by atoms with Crippen LogP contribution in [0.4, 0.5) is 34.6 Å². The van der Waals surface area contributed by atoms with E-state index in [1.165, 1.54) is 33.1 Å². The van der Waals surface area contributed by atoms with Crippen LogP contribution < -0.4 is 31.6 Å². The van der Waals surface area contributed by atoms with Crippen LogP contribution in [-0.2, 0) is 24.3 Å². The summed E-state index contributed by atoms with van der Waals surface area (Å²) in [5.74, 6) is 1.66. The van der Waals surface area contributed by atoms with Crippen LogP contribution >= 0.6 is 0 Å². The number of aromatic nitrogens is 10. The number of hydrogen-bond donors (Lipinski definition) is 4. The average Bonchev–Trinajstić information content (AvgIpc) is 3.83. The number of anilines is 6. The smallest absolute Gasteiger partial charge is 0.278 e. The Bertz CT molecular complexity index is 3180. The first-order valence-corrected chi connectivity index (χ1v) is 24.7. The average molecular weight is 1040 g/mol. The molecule has 10 rings (SSSR count). The number of pyridine rings is 2. The molecule has 8 aromatic rings. The van der Waals surface area contributed by atoms with Crippen LogP contribution in [0.1, 0.15) is 46.5 Å². The van der Waals surface area contributed by atoms with Crippen LogP contribution in [0, 0.1) is 0 Å². The van der Waals surface area contributed by atoms with Gasteiger partial charge in [0.15, 0.2) is 22.9 Å². The second-order valence-corrected chi connectivity index (χ2v) is 19.6. The van der Waals surface area contributed by atoms with Gasteiger partial charge in [-0.05, 0) is 115 Å². The van der Waals surface area contributed by atoms with Crippen LogP contribution in [0.5, 0.6) is 0 Å². The van der Waals surface area contributed by atoms with E-state index in [0.29, 0.717) is 57.0 Å². The molecular weight excluding hydrogens is 965 g/mol. The second-order valence-electron chi connectivity index (χ2n) is 19.6. The van der Waals surface area contributed by atoms with Gasteiger partial charge >= 0.3 is 0 Å². The van der Waals surface area contributed by atoms with Gasteiger partial charge in [-0.1, -0.05) is 31.7 Å². The van der Waals surface area contributed by atoms with E-state index in [-0.39, 0.29) is 37.1 Å². The molecule has 2 saturated heterocycles. The number of nitrogens with one attached hydrogen (secondary N) is 2. The molecule has 0 unspecified atom stereocenters. The molecule has 0 aliphatic carbocycles. The Morgan fingerprint density at radius 2 is 0.908 bits per heavy atom.